The summed E-state index contributed by atoms with van der Waals surface area (Å²) in [6.07, 6.45) is 4.07. The van der Waals surface area contributed by atoms with Gasteiger partial charge in [-0.2, -0.15) is 0 Å². The van der Waals surface area contributed by atoms with E-state index in [1.165, 1.54) is 23.9 Å². The Hall–Kier alpha value is -2.75. The van der Waals surface area contributed by atoms with Crippen LogP contribution in [0.4, 0.5) is 5.69 Å². The van der Waals surface area contributed by atoms with E-state index in [2.05, 4.69) is 25.0 Å². The highest BCUT2D eigenvalue weighted by Gasteiger charge is 2.26. The molecule has 10 heteroatoms. The van der Waals surface area contributed by atoms with E-state index >= 15 is 0 Å². The van der Waals surface area contributed by atoms with Crippen LogP contribution >= 0.6 is 11.8 Å². The molecular formula is C14H12N6O3S. The van der Waals surface area contributed by atoms with Crippen LogP contribution in [0, 0.1) is 10.1 Å². The molecule has 0 aliphatic heterocycles. The van der Waals surface area contributed by atoms with E-state index in [0.717, 1.165) is 18.0 Å². The molecule has 2 aromatic heterocycles. The van der Waals surface area contributed by atoms with Crippen molar-refractivity contribution in [2.75, 3.05) is 0 Å². The smallest absolute Gasteiger partial charge is 0.269 e. The average Bonchev–Trinajstić information content (AvgIpc) is 3.14. The van der Waals surface area contributed by atoms with Crippen molar-refractivity contribution >= 4 is 17.4 Å². The lowest BCUT2D eigenvalue weighted by atomic mass is 10.2. The molecule has 24 heavy (non-hydrogen) atoms. The molecule has 1 aromatic carbocycles. The number of thioether (sulfide) groups is 1. The highest BCUT2D eigenvalue weighted by atomic mass is 32.2. The zero-order valence-corrected chi connectivity index (χ0v) is 13.2. The van der Waals surface area contributed by atoms with Gasteiger partial charge in [0.05, 0.1) is 10.7 Å². The molecule has 0 saturated heterocycles. The first-order valence-electron chi connectivity index (χ1n) is 7.30. The number of non-ortho nitro benzene ring substituents is 1. The monoisotopic (exact) mass is 344 g/mol. The van der Waals surface area contributed by atoms with Crippen LogP contribution in [0.3, 0.4) is 0 Å². The standard InChI is InChI=1S/C14H12N6O3S/c21-20(22)11-3-1-9(2-4-11)13-17-16-12(23-13)7-24-14-18-15-8-19(14)10-5-6-10/h1-4,8,10H,5-7H2. The number of nitro benzene ring substituents is 1. The van der Waals surface area contributed by atoms with Crippen molar-refractivity contribution in [3.8, 4) is 11.5 Å². The minimum atomic E-state index is -0.449. The first kappa shape index (κ1) is 14.8. The van der Waals surface area contributed by atoms with Gasteiger partial charge in [-0.3, -0.25) is 10.1 Å². The summed E-state index contributed by atoms with van der Waals surface area (Å²) in [5.74, 6) is 1.30. The van der Waals surface area contributed by atoms with E-state index < -0.39 is 4.92 Å². The SMILES string of the molecule is O=[N+]([O-])c1ccc(-c2nnc(CSc3nncn3C3CC3)o2)cc1. The molecule has 0 bridgehead atoms. The Labute approximate surface area is 140 Å². The predicted molar refractivity (Wildman–Crippen MR) is 84.2 cm³/mol. The third-order valence-electron chi connectivity index (χ3n) is 3.60. The molecule has 0 spiro atoms. The summed E-state index contributed by atoms with van der Waals surface area (Å²) in [6, 6.07) is 6.51. The van der Waals surface area contributed by atoms with E-state index in [1.54, 1.807) is 18.5 Å². The fourth-order valence-electron chi connectivity index (χ4n) is 2.22. The Balaban J connectivity index is 1.44. The number of nitrogens with zero attached hydrogens (tertiary/aromatic N) is 6. The maximum atomic E-state index is 10.7. The fourth-order valence-corrected chi connectivity index (χ4v) is 3.04. The van der Waals surface area contributed by atoms with Crippen LogP contribution in [-0.2, 0) is 5.75 Å². The summed E-state index contributed by atoms with van der Waals surface area (Å²) >= 11 is 1.49. The van der Waals surface area contributed by atoms with Gasteiger partial charge in [-0.25, -0.2) is 0 Å². The van der Waals surface area contributed by atoms with Crippen LogP contribution in [0.5, 0.6) is 0 Å². The Morgan fingerprint density at radius 3 is 2.75 bits per heavy atom. The van der Waals surface area contributed by atoms with Gasteiger partial charge in [-0.15, -0.1) is 20.4 Å². The van der Waals surface area contributed by atoms with Crippen molar-refractivity contribution < 1.29 is 9.34 Å². The van der Waals surface area contributed by atoms with E-state index in [4.69, 9.17) is 4.42 Å². The minimum Gasteiger partial charge on any atom is -0.420 e. The van der Waals surface area contributed by atoms with Crippen LogP contribution in [0.2, 0.25) is 0 Å². The molecule has 9 nitrogen and oxygen atoms in total. The van der Waals surface area contributed by atoms with Crippen molar-refractivity contribution in [3.63, 3.8) is 0 Å². The van der Waals surface area contributed by atoms with Crippen molar-refractivity contribution in [1.29, 1.82) is 0 Å². The number of hydrogen-bond donors (Lipinski definition) is 0. The van der Waals surface area contributed by atoms with Gasteiger partial charge in [-0.05, 0) is 25.0 Å². The van der Waals surface area contributed by atoms with Crippen molar-refractivity contribution in [3.05, 3.63) is 46.6 Å². The van der Waals surface area contributed by atoms with Gasteiger partial charge >= 0.3 is 0 Å². The van der Waals surface area contributed by atoms with E-state index in [1.807, 2.05) is 0 Å². The highest BCUT2D eigenvalue weighted by Crippen LogP contribution is 2.37. The first-order chi connectivity index (χ1) is 11.7. The number of aromatic nitrogens is 5. The van der Waals surface area contributed by atoms with Crippen LogP contribution in [0.1, 0.15) is 24.8 Å². The number of nitro groups is 1. The number of rotatable bonds is 6. The molecule has 1 aliphatic rings. The van der Waals surface area contributed by atoms with Crippen LogP contribution in [0.25, 0.3) is 11.5 Å². The van der Waals surface area contributed by atoms with Gasteiger partial charge in [0, 0.05) is 23.7 Å². The molecule has 1 saturated carbocycles. The zero-order chi connectivity index (χ0) is 16.5. The lowest BCUT2D eigenvalue weighted by Crippen LogP contribution is -1.94. The molecule has 2 heterocycles. The maximum Gasteiger partial charge on any atom is 0.269 e. The van der Waals surface area contributed by atoms with E-state index in [0.29, 0.717) is 29.1 Å². The summed E-state index contributed by atoms with van der Waals surface area (Å²) in [4.78, 5) is 10.2. The summed E-state index contributed by atoms with van der Waals surface area (Å²) in [6.45, 7) is 0. The molecule has 0 atom stereocenters. The van der Waals surface area contributed by atoms with Gasteiger partial charge in [-0.1, -0.05) is 11.8 Å². The molecule has 0 unspecified atom stereocenters. The van der Waals surface area contributed by atoms with Gasteiger partial charge in [0.25, 0.3) is 5.69 Å². The van der Waals surface area contributed by atoms with Crippen molar-refractivity contribution in [2.45, 2.75) is 29.8 Å². The lowest BCUT2D eigenvalue weighted by molar-refractivity contribution is -0.384. The lowest BCUT2D eigenvalue weighted by Gasteiger charge is -2.01. The largest absolute Gasteiger partial charge is 0.420 e. The average molecular weight is 344 g/mol. The summed E-state index contributed by atoms with van der Waals surface area (Å²) in [5.41, 5.74) is 0.666. The van der Waals surface area contributed by atoms with E-state index in [9.17, 15) is 10.1 Å². The molecule has 3 aromatic rings. The third-order valence-corrected chi connectivity index (χ3v) is 4.54. The number of hydrogen-bond acceptors (Lipinski definition) is 8. The fraction of sp³-hybridized carbons (Fsp3) is 0.286. The maximum absolute atomic E-state index is 10.7. The van der Waals surface area contributed by atoms with Gasteiger partial charge in [0.1, 0.15) is 6.33 Å². The van der Waals surface area contributed by atoms with Crippen molar-refractivity contribution in [1.82, 2.24) is 25.0 Å². The second kappa shape index (κ2) is 6.04. The van der Waals surface area contributed by atoms with Gasteiger partial charge < -0.3 is 8.98 Å². The molecule has 1 fully saturated rings. The Morgan fingerprint density at radius 2 is 2.04 bits per heavy atom. The summed E-state index contributed by atoms with van der Waals surface area (Å²) in [5, 5.41) is 27.6. The quantitative estimate of drug-likeness (QED) is 0.381. The minimum absolute atomic E-state index is 0.0217. The molecular weight excluding hydrogens is 332 g/mol. The third kappa shape index (κ3) is 3.00. The molecule has 4 rings (SSSR count). The first-order valence-corrected chi connectivity index (χ1v) is 8.29. The number of benzene rings is 1. The van der Waals surface area contributed by atoms with Crippen LogP contribution < -0.4 is 0 Å². The summed E-state index contributed by atoms with van der Waals surface area (Å²) < 4.78 is 7.68. The van der Waals surface area contributed by atoms with Gasteiger partial charge in [0.2, 0.25) is 11.8 Å². The van der Waals surface area contributed by atoms with Crippen molar-refractivity contribution in [2.24, 2.45) is 0 Å². The van der Waals surface area contributed by atoms with Crippen LogP contribution in [-0.4, -0.2) is 29.9 Å². The Bertz CT molecular complexity index is 871. The Morgan fingerprint density at radius 1 is 1.25 bits per heavy atom. The second-order valence-corrected chi connectivity index (χ2v) is 6.29. The topological polar surface area (TPSA) is 113 Å². The molecule has 0 radical (unpaired) electrons. The van der Waals surface area contributed by atoms with Crippen LogP contribution in [0.15, 0.2) is 40.2 Å². The Kier molecular flexibility index (Phi) is 3.73. The normalized spacial score (nSPS) is 14.0. The molecule has 122 valence electrons. The summed E-state index contributed by atoms with van der Waals surface area (Å²) in [7, 11) is 0. The molecule has 0 amide bonds. The van der Waals surface area contributed by atoms with Gasteiger partial charge in [0.15, 0.2) is 5.16 Å². The molecule has 0 N–H and O–H groups in total. The highest BCUT2D eigenvalue weighted by molar-refractivity contribution is 7.98. The predicted octanol–water partition coefficient (Wildman–Crippen LogP) is 2.86. The second-order valence-electron chi connectivity index (χ2n) is 5.35. The zero-order valence-electron chi connectivity index (χ0n) is 12.4. The molecule has 1 aliphatic carbocycles. The van der Waals surface area contributed by atoms with E-state index in [-0.39, 0.29) is 5.69 Å².